The van der Waals surface area contributed by atoms with Crippen LogP contribution in [0, 0.1) is 0 Å². The van der Waals surface area contributed by atoms with E-state index in [1.165, 1.54) is 31.3 Å². The number of methoxy groups -OCH3 is 2. The quantitative estimate of drug-likeness (QED) is 0.474. The summed E-state index contributed by atoms with van der Waals surface area (Å²) >= 11 is 6.10. The van der Waals surface area contributed by atoms with Gasteiger partial charge in [-0.15, -0.1) is 0 Å². The Bertz CT molecular complexity index is 941. The highest BCUT2D eigenvalue weighted by molar-refractivity contribution is 6.32. The van der Waals surface area contributed by atoms with Crippen molar-refractivity contribution in [3.05, 3.63) is 58.1 Å². The molecular formula is C21H22ClNO6. The molecule has 2 rings (SSSR count). The number of carbonyl (C=O) groups is 2. The molecule has 154 valence electrons. The van der Waals surface area contributed by atoms with Crippen LogP contribution in [-0.4, -0.2) is 54.7 Å². The molecule has 8 heteroatoms. The molecule has 0 saturated carbocycles. The van der Waals surface area contributed by atoms with Gasteiger partial charge in [-0.1, -0.05) is 29.8 Å². The van der Waals surface area contributed by atoms with Crippen LogP contribution in [-0.2, 0) is 11.3 Å². The van der Waals surface area contributed by atoms with E-state index < -0.39 is 11.8 Å². The third-order valence-electron chi connectivity index (χ3n) is 4.17. The molecule has 0 aliphatic rings. The average Bonchev–Trinajstić information content (AvgIpc) is 2.67. The number of carboxylic acids is 1. The van der Waals surface area contributed by atoms with E-state index in [1.807, 2.05) is 0 Å². The molecule has 0 amide bonds. The van der Waals surface area contributed by atoms with Crippen LogP contribution >= 0.6 is 11.6 Å². The van der Waals surface area contributed by atoms with Crippen molar-refractivity contribution in [1.82, 2.24) is 4.90 Å². The summed E-state index contributed by atoms with van der Waals surface area (Å²) in [4.78, 5) is 25.2. The first kappa shape index (κ1) is 22.3. The summed E-state index contributed by atoms with van der Waals surface area (Å²) < 4.78 is 10.6. The fourth-order valence-corrected chi connectivity index (χ4v) is 3.01. The van der Waals surface area contributed by atoms with Gasteiger partial charge in [0.05, 0.1) is 26.3 Å². The van der Waals surface area contributed by atoms with E-state index in [-0.39, 0.29) is 41.5 Å². The maximum Gasteiger partial charge on any atom is 0.317 e. The van der Waals surface area contributed by atoms with Crippen LogP contribution < -0.4 is 9.47 Å². The number of nitrogens with zero attached hydrogens (tertiary/aromatic N) is 1. The number of ether oxygens (including phenoxy) is 2. The zero-order chi connectivity index (χ0) is 21.6. The Kier molecular flexibility index (Phi) is 7.64. The molecule has 7 nitrogen and oxygen atoms in total. The maximum absolute atomic E-state index is 12.8. The summed E-state index contributed by atoms with van der Waals surface area (Å²) in [6.45, 7) is -0.190. The van der Waals surface area contributed by atoms with E-state index in [1.54, 1.807) is 37.4 Å². The van der Waals surface area contributed by atoms with Crippen LogP contribution in [0.2, 0.25) is 5.02 Å². The van der Waals surface area contributed by atoms with Crippen molar-refractivity contribution < 1.29 is 29.3 Å². The van der Waals surface area contributed by atoms with Crippen molar-refractivity contribution in [1.29, 1.82) is 0 Å². The molecule has 0 aromatic heterocycles. The minimum absolute atomic E-state index is 0.0460. The van der Waals surface area contributed by atoms with E-state index in [0.717, 1.165) is 0 Å². The third kappa shape index (κ3) is 5.49. The Balaban J connectivity index is 2.46. The van der Waals surface area contributed by atoms with Gasteiger partial charge in [0.2, 0.25) is 0 Å². The smallest absolute Gasteiger partial charge is 0.317 e. The van der Waals surface area contributed by atoms with Gasteiger partial charge < -0.3 is 19.7 Å². The van der Waals surface area contributed by atoms with Crippen LogP contribution in [0.4, 0.5) is 0 Å². The second-order valence-electron chi connectivity index (χ2n) is 6.27. The number of rotatable bonds is 9. The molecule has 0 bridgehead atoms. The highest BCUT2D eigenvalue weighted by atomic mass is 35.5. The number of allylic oxidation sites excluding steroid dienone is 1. The zero-order valence-corrected chi connectivity index (χ0v) is 17.1. The first-order valence-electron chi connectivity index (χ1n) is 8.62. The number of benzene rings is 2. The van der Waals surface area contributed by atoms with Gasteiger partial charge in [0.15, 0.2) is 5.78 Å². The summed E-state index contributed by atoms with van der Waals surface area (Å²) in [7, 11) is 4.36. The average molecular weight is 420 g/mol. The zero-order valence-electron chi connectivity index (χ0n) is 16.3. The fraction of sp³-hybridized carbons (Fsp3) is 0.238. The molecule has 0 spiro atoms. The lowest BCUT2D eigenvalue weighted by molar-refractivity contribution is -0.138. The van der Waals surface area contributed by atoms with Crippen molar-refractivity contribution in [2.75, 3.05) is 27.8 Å². The number of carbonyl (C=O) groups excluding carboxylic acids is 1. The van der Waals surface area contributed by atoms with Gasteiger partial charge >= 0.3 is 5.97 Å². The molecule has 0 aliphatic heterocycles. The van der Waals surface area contributed by atoms with Crippen molar-refractivity contribution in [2.45, 2.75) is 6.54 Å². The number of aliphatic carboxylic acids is 1. The number of ketones is 1. The fourth-order valence-electron chi connectivity index (χ4n) is 2.81. The normalized spacial score (nSPS) is 11.1. The Morgan fingerprint density at radius 3 is 2.41 bits per heavy atom. The predicted octanol–water partition coefficient (Wildman–Crippen LogP) is 3.48. The van der Waals surface area contributed by atoms with Gasteiger partial charge in [-0.05, 0) is 30.8 Å². The van der Waals surface area contributed by atoms with Gasteiger partial charge in [0.25, 0.3) is 0 Å². The first-order valence-corrected chi connectivity index (χ1v) is 9.00. The molecule has 0 atom stereocenters. The second kappa shape index (κ2) is 9.95. The van der Waals surface area contributed by atoms with E-state index in [2.05, 4.69) is 0 Å². The van der Waals surface area contributed by atoms with Gasteiger partial charge in [-0.3, -0.25) is 14.5 Å². The number of hydrogen-bond donors (Lipinski definition) is 2. The van der Waals surface area contributed by atoms with Gasteiger partial charge in [0.1, 0.15) is 22.8 Å². The lowest BCUT2D eigenvalue weighted by atomic mass is 10.0. The van der Waals surface area contributed by atoms with E-state index >= 15 is 0 Å². The molecule has 2 N–H and O–H groups in total. The first-order chi connectivity index (χ1) is 13.8. The number of halogens is 1. The van der Waals surface area contributed by atoms with Crippen LogP contribution in [0.15, 0.2) is 36.4 Å². The van der Waals surface area contributed by atoms with Crippen molar-refractivity contribution in [3.8, 4) is 17.2 Å². The number of likely N-dealkylation sites (N-methyl/N-ethyl adjacent to an activating group) is 1. The molecule has 0 radical (unpaired) electrons. The van der Waals surface area contributed by atoms with Gasteiger partial charge in [-0.2, -0.15) is 0 Å². The lowest BCUT2D eigenvalue weighted by Crippen LogP contribution is -2.25. The number of hydrogen-bond acceptors (Lipinski definition) is 6. The Hall–Kier alpha value is -3.03. The molecule has 2 aromatic carbocycles. The third-order valence-corrected chi connectivity index (χ3v) is 4.51. The largest absolute Gasteiger partial charge is 0.507 e. The molecule has 0 heterocycles. The molecular weight excluding hydrogens is 398 g/mol. The van der Waals surface area contributed by atoms with Crippen LogP contribution in [0.5, 0.6) is 17.2 Å². The summed E-state index contributed by atoms with van der Waals surface area (Å²) in [5.74, 6) is -1.42. The summed E-state index contributed by atoms with van der Waals surface area (Å²) in [6.07, 6.45) is 2.83. The molecule has 0 fully saturated rings. The number of phenols is 1. The van der Waals surface area contributed by atoms with E-state index in [0.29, 0.717) is 10.6 Å². The predicted molar refractivity (Wildman–Crippen MR) is 110 cm³/mol. The van der Waals surface area contributed by atoms with Crippen molar-refractivity contribution in [3.63, 3.8) is 0 Å². The minimum Gasteiger partial charge on any atom is -0.507 e. The Morgan fingerprint density at radius 1 is 1.17 bits per heavy atom. The molecule has 2 aromatic rings. The molecule has 29 heavy (non-hydrogen) atoms. The molecule has 0 saturated heterocycles. The number of phenolic OH excluding ortho intramolecular Hbond substituents is 1. The van der Waals surface area contributed by atoms with Gasteiger partial charge in [-0.25, -0.2) is 0 Å². The summed E-state index contributed by atoms with van der Waals surface area (Å²) in [5.41, 5.74) is 0.887. The van der Waals surface area contributed by atoms with Crippen LogP contribution in [0.25, 0.3) is 6.08 Å². The summed E-state index contributed by atoms with van der Waals surface area (Å²) in [6, 6.07) is 8.51. The van der Waals surface area contributed by atoms with Gasteiger partial charge in [0, 0.05) is 17.6 Å². The van der Waals surface area contributed by atoms with Crippen molar-refractivity contribution >= 4 is 29.4 Å². The minimum atomic E-state index is -1.02. The van der Waals surface area contributed by atoms with Crippen LogP contribution in [0.1, 0.15) is 21.5 Å². The van der Waals surface area contributed by atoms with Crippen molar-refractivity contribution in [2.24, 2.45) is 0 Å². The molecule has 0 unspecified atom stereocenters. The van der Waals surface area contributed by atoms with E-state index in [9.17, 15) is 14.7 Å². The highest BCUT2D eigenvalue weighted by Crippen LogP contribution is 2.39. The molecule has 0 aliphatic carbocycles. The Morgan fingerprint density at radius 2 is 1.83 bits per heavy atom. The SMILES string of the molecule is COc1cc(OC)c(C(=O)/C=C/c2ccccc2Cl)c(O)c1CN(C)CC(=O)O. The number of aromatic hydroxyl groups is 1. The highest BCUT2D eigenvalue weighted by Gasteiger charge is 2.24. The topological polar surface area (TPSA) is 96.3 Å². The monoisotopic (exact) mass is 419 g/mol. The standard InChI is InChI=1S/C21H22ClNO6/c1-23(12-19(25)26)11-14-17(28-2)10-18(29-3)20(21(14)27)16(24)9-8-13-6-4-5-7-15(13)22/h4-10,27H,11-12H2,1-3H3,(H,25,26)/b9-8+. The second-order valence-corrected chi connectivity index (χ2v) is 6.68. The van der Waals surface area contributed by atoms with Crippen LogP contribution in [0.3, 0.4) is 0 Å². The lowest BCUT2D eigenvalue weighted by Gasteiger charge is -2.20. The Labute approximate surface area is 173 Å². The summed E-state index contributed by atoms with van der Waals surface area (Å²) in [5, 5.41) is 20.2. The maximum atomic E-state index is 12.8. The van der Waals surface area contributed by atoms with E-state index in [4.69, 9.17) is 26.2 Å². The number of carboxylic acid groups (broad SMARTS) is 1.